The molecule has 20 heavy (non-hydrogen) atoms. The van der Waals surface area contributed by atoms with E-state index in [1.165, 1.54) is 18.6 Å². The summed E-state index contributed by atoms with van der Waals surface area (Å²) in [4.78, 5) is 23.0. The van der Waals surface area contributed by atoms with Crippen LogP contribution in [-0.2, 0) is 16.1 Å². The summed E-state index contributed by atoms with van der Waals surface area (Å²) < 4.78 is 9.57. The Morgan fingerprint density at radius 2 is 2.15 bits per heavy atom. The molecule has 1 N–H and O–H groups in total. The van der Waals surface area contributed by atoms with Crippen LogP contribution in [0, 0.1) is 0 Å². The molecule has 0 spiro atoms. The van der Waals surface area contributed by atoms with Gasteiger partial charge in [-0.1, -0.05) is 23.7 Å². The number of rotatable bonds is 5. The predicted octanol–water partition coefficient (Wildman–Crippen LogP) is 2.41. The maximum Gasteiger partial charge on any atom is 0.341 e. The van der Waals surface area contributed by atoms with Gasteiger partial charge in [-0.3, -0.25) is 4.79 Å². The molecule has 0 bridgehead atoms. The van der Waals surface area contributed by atoms with Gasteiger partial charge in [0.2, 0.25) is 0 Å². The first kappa shape index (κ1) is 14.1. The van der Waals surface area contributed by atoms with Crippen molar-refractivity contribution in [3.05, 3.63) is 59.0 Å². The molecule has 2 aromatic rings. The summed E-state index contributed by atoms with van der Waals surface area (Å²) >= 11 is 5.83. The molecular weight excluding hydrogens is 282 g/mol. The van der Waals surface area contributed by atoms with Crippen molar-refractivity contribution in [1.82, 2.24) is 5.32 Å². The van der Waals surface area contributed by atoms with E-state index in [4.69, 9.17) is 20.8 Å². The second kappa shape index (κ2) is 6.77. The summed E-state index contributed by atoms with van der Waals surface area (Å²) in [6, 6.07) is 8.59. The van der Waals surface area contributed by atoms with Crippen LogP contribution in [0.15, 0.2) is 47.3 Å². The molecule has 2 rings (SSSR count). The Morgan fingerprint density at radius 3 is 2.85 bits per heavy atom. The van der Waals surface area contributed by atoms with Gasteiger partial charge in [0.15, 0.2) is 6.61 Å². The van der Waals surface area contributed by atoms with Crippen LogP contribution in [0.1, 0.15) is 15.9 Å². The van der Waals surface area contributed by atoms with E-state index in [9.17, 15) is 9.59 Å². The third-order valence-corrected chi connectivity index (χ3v) is 2.71. The van der Waals surface area contributed by atoms with Crippen LogP contribution in [-0.4, -0.2) is 18.5 Å². The van der Waals surface area contributed by atoms with Gasteiger partial charge in [0.1, 0.15) is 6.26 Å². The molecule has 1 aromatic heterocycles. The topological polar surface area (TPSA) is 68.5 Å². The molecule has 0 aliphatic rings. The highest BCUT2D eigenvalue weighted by Gasteiger charge is 2.10. The van der Waals surface area contributed by atoms with Crippen molar-refractivity contribution in [3.63, 3.8) is 0 Å². The number of hydrogen-bond donors (Lipinski definition) is 1. The van der Waals surface area contributed by atoms with Gasteiger partial charge >= 0.3 is 5.97 Å². The Labute approximate surface area is 120 Å². The number of hydrogen-bond acceptors (Lipinski definition) is 4. The monoisotopic (exact) mass is 293 g/mol. The molecule has 104 valence electrons. The van der Waals surface area contributed by atoms with E-state index in [0.717, 1.165) is 5.56 Å². The van der Waals surface area contributed by atoms with Gasteiger partial charge in [-0.15, -0.1) is 0 Å². The average Bonchev–Trinajstić information content (AvgIpc) is 2.97. The van der Waals surface area contributed by atoms with Gasteiger partial charge in [-0.2, -0.15) is 0 Å². The number of ether oxygens (including phenoxy) is 1. The Kier molecular flexibility index (Phi) is 4.79. The van der Waals surface area contributed by atoms with Gasteiger partial charge in [0.05, 0.1) is 11.8 Å². The molecule has 0 saturated carbocycles. The van der Waals surface area contributed by atoms with Crippen LogP contribution in [0.3, 0.4) is 0 Å². The molecule has 0 fully saturated rings. The third-order valence-electron chi connectivity index (χ3n) is 2.47. The second-order valence-corrected chi connectivity index (χ2v) is 4.43. The van der Waals surface area contributed by atoms with Crippen LogP contribution in [0.25, 0.3) is 0 Å². The molecule has 0 atom stereocenters. The highest BCUT2D eigenvalue weighted by atomic mass is 35.5. The zero-order valence-electron chi connectivity index (χ0n) is 10.5. The number of carbonyl (C=O) groups excluding carboxylic acids is 2. The lowest BCUT2D eigenvalue weighted by Crippen LogP contribution is -2.28. The molecule has 0 saturated heterocycles. The minimum atomic E-state index is -0.600. The van der Waals surface area contributed by atoms with Crippen LogP contribution in [0.4, 0.5) is 0 Å². The number of halogens is 1. The Hall–Kier alpha value is -2.27. The number of furan rings is 1. The molecule has 0 radical (unpaired) electrons. The van der Waals surface area contributed by atoms with Crippen molar-refractivity contribution in [1.29, 1.82) is 0 Å². The van der Waals surface area contributed by atoms with Gasteiger partial charge in [0.25, 0.3) is 5.91 Å². The minimum Gasteiger partial charge on any atom is -0.472 e. The molecule has 0 aliphatic carbocycles. The van der Waals surface area contributed by atoms with Gasteiger partial charge in [-0.25, -0.2) is 4.79 Å². The average molecular weight is 294 g/mol. The molecular formula is C14H12ClNO4. The lowest BCUT2D eigenvalue weighted by Gasteiger charge is -2.06. The maximum atomic E-state index is 11.5. The van der Waals surface area contributed by atoms with E-state index in [-0.39, 0.29) is 18.1 Å². The van der Waals surface area contributed by atoms with Gasteiger partial charge < -0.3 is 14.5 Å². The lowest BCUT2D eigenvalue weighted by molar-refractivity contribution is -0.124. The van der Waals surface area contributed by atoms with Crippen LogP contribution in [0.5, 0.6) is 0 Å². The van der Waals surface area contributed by atoms with Crippen molar-refractivity contribution < 1.29 is 18.7 Å². The summed E-state index contributed by atoms with van der Waals surface area (Å²) in [5, 5.41) is 3.23. The van der Waals surface area contributed by atoms with Crippen LogP contribution >= 0.6 is 11.6 Å². The van der Waals surface area contributed by atoms with Crippen LogP contribution < -0.4 is 5.32 Å². The molecule has 0 aliphatic heterocycles. The first-order valence-electron chi connectivity index (χ1n) is 5.85. The summed E-state index contributed by atoms with van der Waals surface area (Å²) in [6.07, 6.45) is 2.61. The van der Waals surface area contributed by atoms with Crippen molar-refractivity contribution in [2.24, 2.45) is 0 Å². The van der Waals surface area contributed by atoms with E-state index >= 15 is 0 Å². The minimum absolute atomic E-state index is 0.271. The third kappa shape index (κ3) is 4.13. The summed E-state index contributed by atoms with van der Waals surface area (Å²) in [5.41, 5.74) is 1.14. The first-order chi connectivity index (χ1) is 9.65. The van der Waals surface area contributed by atoms with Gasteiger partial charge in [-0.05, 0) is 23.8 Å². The normalized spacial score (nSPS) is 10.1. The zero-order chi connectivity index (χ0) is 14.4. The molecule has 1 amide bonds. The number of esters is 1. The van der Waals surface area contributed by atoms with E-state index < -0.39 is 5.97 Å². The van der Waals surface area contributed by atoms with Crippen molar-refractivity contribution in [3.8, 4) is 0 Å². The number of amides is 1. The molecule has 1 aromatic carbocycles. The van der Waals surface area contributed by atoms with Crippen molar-refractivity contribution in [2.45, 2.75) is 6.54 Å². The molecule has 6 heteroatoms. The maximum absolute atomic E-state index is 11.5. The fraction of sp³-hybridized carbons (Fsp3) is 0.143. The standard InChI is InChI=1S/C14H12ClNO4/c15-12-3-1-2-10(6-12)7-16-13(17)9-20-14(18)11-4-5-19-8-11/h1-6,8H,7,9H2,(H,16,17). The van der Waals surface area contributed by atoms with Crippen LogP contribution in [0.2, 0.25) is 5.02 Å². The molecule has 5 nitrogen and oxygen atoms in total. The summed E-state index contributed by atoms with van der Waals surface area (Å²) in [5.74, 6) is -0.988. The van der Waals surface area contributed by atoms with E-state index in [1.54, 1.807) is 18.2 Å². The quantitative estimate of drug-likeness (QED) is 0.860. The molecule has 0 unspecified atom stereocenters. The Morgan fingerprint density at radius 1 is 1.30 bits per heavy atom. The highest BCUT2D eigenvalue weighted by Crippen LogP contribution is 2.10. The predicted molar refractivity (Wildman–Crippen MR) is 72.3 cm³/mol. The zero-order valence-corrected chi connectivity index (χ0v) is 11.2. The highest BCUT2D eigenvalue weighted by molar-refractivity contribution is 6.30. The molecule has 1 heterocycles. The van der Waals surface area contributed by atoms with E-state index in [0.29, 0.717) is 11.6 Å². The largest absolute Gasteiger partial charge is 0.472 e. The Balaban J connectivity index is 1.74. The van der Waals surface area contributed by atoms with Gasteiger partial charge in [0, 0.05) is 11.6 Å². The summed E-state index contributed by atoms with van der Waals surface area (Å²) in [6.45, 7) is -0.0206. The number of carbonyl (C=O) groups is 2. The fourth-order valence-electron chi connectivity index (χ4n) is 1.49. The fourth-order valence-corrected chi connectivity index (χ4v) is 1.71. The first-order valence-corrected chi connectivity index (χ1v) is 6.23. The van der Waals surface area contributed by atoms with E-state index in [1.807, 2.05) is 6.07 Å². The second-order valence-electron chi connectivity index (χ2n) is 3.99. The number of benzene rings is 1. The van der Waals surface area contributed by atoms with E-state index in [2.05, 4.69) is 5.32 Å². The Bertz CT molecular complexity index is 595. The summed E-state index contributed by atoms with van der Waals surface area (Å²) in [7, 11) is 0. The van der Waals surface area contributed by atoms with Crippen molar-refractivity contribution in [2.75, 3.05) is 6.61 Å². The lowest BCUT2D eigenvalue weighted by atomic mass is 10.2. The number of nitrogens with one attached hydrogen (secondary N) is 1. The smallest absolute Gasteiger partial charge is 0.341 e. The van der Waals surface area contributed by atoms with Crippen molar-refractivity contribution >= 4 is 23.5 Å². The SMILES string of the molecule is O=C(COC(=O)c1ccoc1)NCc1cccc(Cl)c1.